The fraction of sp³-hybridized carbons (Fsp3) is 0.429. The minimum absolute atomic E-state index is 0.0662. The highest BCUT2D eigenvalue weighted by Gasteiger charge is 2.09. The molecule has 1 aromatic carbocycles. The Morgan fingerprint density at radius 3 is 2.82 bits per heavy atom. The van der Waals surface area contributed by atoms with E-state index in [0.29, 0.717) is 6.61 Å². The Bertz CT molecular complexity index is 394. The van der Waals surface area contributed by atoms with Crippen LogP contribution in [0.2, 0.25) is 0 Å². The molecule has 0 amide bonds. The molecule has 0 saturated carbocycles. The summed E-state index contributed by atoms with van der Waals surface area (Å²) in [6, 6.07) is 5.60. The topological polar surface area (TPSA) is 44.5 Å². The highest BCUT2D eigenvalue weighted by Crippen LogP contribution is 2.28. The van der Waals surface area contributed by atoms with E-state index < -0.39 is 0 Å². The lowest BCUT2D eigenvalue weighted by Crippen LogP contribution is -2.08. The fourth-order valence-corrected chi connectivity index (χ4v) is 1.50. The second-order valence-electron chi connectivity index (χ2n) is 3.85. The normalized spacial score (nSPS) is 11.6. The lowest BCUT2D eigenvalue weighted by Gasteiger charge is -2.15. The molecule has 1 aromatic rings. The zero-order valence-corrected chi connectivity index (χ0v) is 10.4. The monoisotopic (exact) mass is 233 g/mol. The van der Waals surface area contributed by atoms with Crippen LogP contribution in [0.15, 0.2) is 18.2 Å². The molecular weight excluding hydrogens is 214 g/mol. The van der Waals surface area contributed by atoms with Gasteiger partial charge in [-0.2, -0.15) is 0 Å². The summed E-state index contributed by atoms with van der Waals surface area (Å²) in [5.74, 6) is 4.12. The first-order valence-electron chi connectivity index (χ1n) is 5.68. The number of rotatable bonds is 6. The van der Waals surface area contributed by atoms with Crippen molar-refractivity contribution in [3.8, 4) is 23.8 Å². The van der Waals surface area contributed by atoms with Gasteiger partial charge in [-0.1, -0.05) is 6.07 Å². The summed E-state index contributed by atoms with van der Waals surface area (Å²) in [6.07, 6.45) is 6.75. The summed E-state index contributed by atoms with van der Waals surface area (Å²) in [6.45, 7) is 2.52. The third-order valence-corrected chi connectivity index (χ3v) is 2.43. The molecule has 1 atom stereocenters. The SMILES string of the molecule is C#CCCCOc1cc(OC)ccc1C(C)N. The standard InChI is InChI=1S/C14H19NO2/c1-4-5-6-9-17-14-10-12(16-3)7-8-13(14)11(2)15/h1,7-8,10-11H,5-6,9,15H2,2-3H3. The molecule has 2 N–H and O–H groups in total. The van der Waals surface area contributed by atoms with Gasteiger partial charge >= 0.3 is 0 Å². The van der Waals surface area contributed by atoms with Gasteiger partial charge in [0.25, 0.3) is 0 Å². The second kappa shape index (κ2) is 6.82. The van der Waals surface area contributed by atoms with Crippen molar-refractivity contribution in [3.05, 3.63) is 23.8 Å². The average Bonchev–Trinajstić information content (AvgIpc) is 2.34. The minimum atomic E-state index is -0.0662. The number of terminal acetylenes is 1. The minimum Gasteiger partial charge on any atom is -0.497 e. The quantitative estimate of drug-likeness (QED) is 0.606. The zero-order chi connectivity index (χ0) is 12.7. The maximum atomic E-state index is 5.88. The van der Waals surface area contributed by atoms with Crippen LogP contribution in [0.4, 0.5) is 0 Å². The van der Waals surface area contributed by atoms with E-state index in [1.165, 1.54) is 0 Å². The van der Waals surface area contributed by atoms with Crippen LogP contribution >= 0.6 is 0 Å². The van der Waals surface area contributed by atoms with Crippen molar-refractivity contribution in [3.63, 3.8) is 0 Å². The largest absolute Gasteiger partial charge is 0.497 e. The Morgan fingerprint density at radius 1 is 1.47 bits per heavy atom. The van der Waals surface area contributed by atoms with Gasteiger partial charge in [0.2, 0.25) is 0 Å². The van der Waals surface area contributed by atoms with E-state index >= 15 is 0 Å². The summed E-state index contributed by atoms with van der Waals surface area (Å²) < 4.78 is 10.9. The molecule has 1 unspecified atom stereocenters. The molecule has 92 valence electrons. The second-order valence-corrected chi connectivity index (χ2v) is 3.85. The van der Waals surface area contributed by atoms with Crippen LogP contribution in [0.3, 0.4) is 0 Å². The van der Waals surface area contributed by atoms with E-state index in [2.05, 4.69) is 5.92 Å². The Morgan fingerprint density at radius 2 is 2.24 bits per heavy atom. The summed E-state index contributed by atoms with van der Waals surface area (Å²) in [4.78, 5) is 0. The number of hydrogen-bond donors (Lipinski definition) is 1. The van der Waals surface area contributed by atoms with Gasteiger partial charge in [0.1, 0.15) is 11.5 Å². The predicted molar refractivity (Wildman–Crippen MR) is 69.2 cm³/mol. The number of nitrogens with two attached hydrogens (primary N) is 1. The first kappa shape index (κ1) is 13.4. The van der Waals surface area contributed by atoms with E-state index in [4.69, 9.17) is 21.6 Å². The maximum Gasteiger partial charge on any atom is 0.127 e. The van der Waals surface area contributed by atoms with Gasteiger partial charge < -0.3 is 15.2 Å². The van der Waals surface area contributed by atoms with Crippen LogP contribution < -0.4 is 15.2 Å². The third-order valence-electron chi connectivity index (χ3n) is 2.43. The van der Waals surface area contributed by atoms with E-state index in [9.17, 15) is 0 Å². The smallest absolute Gasteiger partial charge is 0.127 e. The van der Waals surface area contributed by atoms with Gasteiger partial charge in [0.15, 0.2) is 0 Å². The van der Waals surface area contributed by atoms with Crippen molar-refractivity contribution in [1.29, 1.82) is 0 Å². The summed E-state index contributed by atoms with van der Waals surface area (Å²) in [7, 11) is 1.63. The maximum absolute atomic E-state index is 5.88. The summed E-state index contributed by atoms with van der Waals surface area (Å²) in [5.41, 5.74) is 6.86. The van der Waals surface area contributed by atoms with Crippen molar-refractivity contribution in [2.45, 2.75) is 25.8 Å². The molecule has 3 nitrogen and oxygen atoms in total. The molecular formula is C14H19NO2. The fourth-order valence-electron chi connectivity index (χ4n) is 1.50. The molecule has 0 aliphatic rings. The molecule has 0 aromatic heterocycles. The van der Waals surface area contributed by atoms with Crippen molar-refractivity contribution in [2.75, 3.05) is 13.7 Å². The Hall–Kier alpha value is -1.66. The first-order chi connectivity index (χ1) is 8.19. The molecule has 0 aliphatic heterocycles. The number of unbranched alkanes of at least 4 members (excludes halogenated alkanes) is 1. The van der Waals surface area contributed by atoms with Gasteiger partial charge in [-0.15, -0.1) is 12.3 Å². The van der Waals surface area contributed by atoms with E-state index in [0.717, 1.165) is 29.9 Å². The van der Waals surface area contributed by atoms with Gasteiger partial charge in [0.05, 0.1) is 13.7 Å². The van der Waals surface area contributed by atoms with Crippen LogP contribution in [0.25, 0.3) is 0 Å². The number of ether oxygens (including phenoxy) is 2. The predicted octanol–water partition coefficient (Wildman–Crippen LogP) is 2.51. The van der Waals surface area contributed by atoms with E-state index in [-0.39, 0.29) is 6.04 Å². The van der Waals surface area contributed by atoms with Crippen molar-refractivity contribution >= 4 is 0 Å². The first-order valence-corrected chi connectivity index (χ1v) is 5.68. The molecule has 3 heteroatoms. The van der Waals surface area contributed by atoms with Gasteiger partial charge in [-0.3, -0.25) is 0 Å². The molecule has 17 heavy (non-hydrogen) atoms. The molecule has 0 bridgehead atoms. The lowest BCUT2D eigenvalue weighted by atomic mass is 10.1. The Kier molecular flexibility index (Phi) is 5.38. The van der Waals surface area contributed by atoms with Gasteiger partial charge in [0, 0.05) is 24.1 Å². The summed E-state index contributed by atoms with van der Waals surface area (Å²) in [5, 5.41) is 0. The molecule has 0 fully saturated rings. The van der Waals surface area contributed by atoms with Gasteiger partial charge in [-0.25, -0.2) is 0 Å². The average molecular weight is 233 g/mol. The van der Waals surface area contributed by atoms with Crippen LogP contribution in [-0.4, -0.2) is 13.7 Å². The van der Waals surface area contributed by atoms with Crippen LogP contribution in [0.5, 0.6) is 11.5 Å². The van der Waals surface area contributed by atoms with Crippen molar-refractivity contribution in [2.24, 2.45) is 5.73 Å². The molecule has 0 spiro atoms. The number of methoxy groups -OCH3 is 1. The number of hydrogen-bond acceptors (Lipinski definition) is 3. The van der Waals surface area contributed by atoms with Crippen LogP contribution in [-0.2, 0) is 0 Å². The molecule has 1 rings (SSSR count). The molecule has 0 aliphatic carbocycles. The number of benzene rings is 1. The third kappa shape index (κ3) is 4.01. The highest BCUT2D eigenvalue weighted by atomic mass is 16.5. The lowest BCUT2D eigenvalue weighted by molar-refractivity contribution is 0.305. The zero-order valence-electron chi connectivity index (χ0n) is 10.4. The Balaban J connectivity index is 2.75. The van der Waals surface area contributed by atoms with Crippen molar-refractivity contribution < 1.29 is 9.47 Å². The Labute approximate surface area is 103 Å². The summed E-state index contributed by atoms with van der Waals surface area (Å²) >= 11 is 0. The van der Waals surface area contributed by atoms with Crippen LogP contribution in [0.1, 0.15) is 31.4 Å². The van der Waals surface area contributed by atoms with E-state index in [1.54, 1.807) is 7.11 Å². The van der Waals surface area contributed by atoms with Gasteiger partial charge in [-0.05, 0) is 19.4 Å². The van der Waals surface area contributed by atoms with Crippen LogP contribution in [0, 0.1) is 12.3 Å². The van der Waals surface area contributed by atoms with Crippen molar-refractivity contribution in [1.82, 2.24) is 0 Å². The molecule has 0 heterocycles. The van der Waals surface area contributed by atoms with E-state index in [1.807, 2.05) is 25.1 Å². The molecule has 0 saturated heterocycles. The molecule has 0 radical (unpaired) electrons. The highest BCUT2D eigenvalue weighted by molar-refractivity contribution is 5.42.